The molecule has 0 amide bonds. The van der Waals surface area contributed by atoms with Crippen molar-refractivity contribution in [3.05, 3.63) is 0 Å². The molecular formula is C16H29NO2. The maximum atomic E-state index is 6.50. The third-order valence-electron chi connectivity index (χ3n) is 5.51. The quantitative estimate of drug-likeness (QED) is 0.853. The second kappa shape index (κ2) is 6.11. The van der Waals surface area contributed by atoms with Crippen molar-refractivity contribution < 1.29 is 9.47 Å². The molecule has 1 aliphatic carbocycles. The minimum Gasteiger partial charge on any atom is -0.381 e. The fourth-order valence-electron chi connectivity index (χ4n) is 4.37. The molecule has 3 heteroatoms. The van der Waals surface area contributed by atoms with Gasteiger partial charge in [0, 0.05) is 18.6 Å². The Bertz CT molecular complexity index is 288. The first-order valence-corrected chi connectivity index (χ1v) is 8.24. The van der Waals surface area contributed by atoms with E-state index in [0.29, 0.717) is 18.1 Å². The molecule has 0 bridgehead atoms. The summed E-state index contributed by atoms with van der Waals surface area (Å²) >= 11 is 0. The van der Waals surface area contributed by atoms with Gasteiger partial charge < -0.3 is 14.8 Å². The Morgan fingerprint density at radius 3 is 2.74 bits per heavy atom. The first kappa shape index (κ1) is 13.8. The smallest absolute Gasteiger partial charge is 0.0687 e. The summed E-state index contributed by atoms with van der Waals surface area (Å²) in [6.45, 7) is 1.83. The van der Waals surface area contributed by atoms with Crippen LogP contribution < -0.4 is 5.32 Å². The van der Waals surface area contributed by atoms with Crippen molar-refractivity contribution in [1.82, 2.24) is 5.32 Å². The van der Waals surface area contributed by atoms with Crippen LogP contribution in [0.4, 0.5) is 0 Å². The molecule has 2 heterocycles. The lowest BCUT2D eigenvalue weighted by Gasteiger charge is -2.36. The summed E-state index contributed by atoms with van der Waals surface area (Å²) in [6, 6.07) is 0.625. The standard InChI is InChI=1S/C16H29NO2/c1-17-15-6-10-18-12-13(15)11-14-5-9-16(19-14)7-3-2-4-8-16/h13-15,17H,2-12H2,1H3. The summed E-state index contributed by atoms with van der Waals surface area (Å²) in [5.74, 6) is 0.641. The summed E-state index contributed by atoms with van der Waals surface area (Å²) in [7, 11) is 2.08. The molecule has 0 aromatic heterocycles. The fraction of sp³-hybridized carbons (Fsp3) is 1.00. The topological polar surface area (TPSA) is 30.5 Å². The second-order valence-corrected chi connectivity index (χ2v) is 6.78. The SMILES string of the molecule is CNC1CCOCC1CC1CCC2(CCCCC2)O1. The Morgan fingerprint density at radius 1 is 1.11 bits per heavy atom. The molecule has 3 fully saturated rings. The van der Waals surface area contributed by atoms with E-state index < -0.39 is 0 Å². The van der Waals surface area contributed by atoms with Crippen molar-refractivity contribution in [1.29, 1.82) is 0 Å². The maximum Gasteiger partial charge on any atom is 0.0687 e. The van der Waals surface area contributed by atoms with E-state index >= 15 is 0 Å². The highest BCUT2D eigenvalue weighted by atomic mass is 16.5. The third kappa shape index (κ3) is 3.14. The van der Waals surface area contributed by atoms with Gasteiger partial charge in [0.15, 0.2) is 0 Å². The first-order chi connectivity index (χ1) is 9.31. The maximum absolute atomic E-state index is 6.50. The molecule has 19 heavy (non-hydrogen) atoms. The van der Waals surface area contributed by atoms with E-state index in [1.165, 1.54) is 51.4 Å². The molecule has 0 radical (unpaired) electrons. The Kier molecular flexibility index (Phi) is 4.45. The molecule has 2 aliphatic heterocycles. The number of hydrogen-bond donors (Lipinski definition) is 1. The molecule has 0 aromatic carbocycles. The molecule has 3 nitrogen and oxygen atoms in total. The van der Waals surface area contributed by atoms with Crippen molar-refractivity contribution in [3.8, 4) is 0 Å². The van der Waals surface area contributed by atoms with Crippen LogP contribution in [-0.4, -0.2) is 38.0 Å². The highest BCUT2D eigenvalue weighted by Crippen LogP contribution is 2.43. The Labute approximate surface area is 117 Å². The Balaban J connectivity index is 1.53. The Hall–Kier alpha value is -0.120. The molecule has 1 N–H and O–H groups in total. The third-order valence-corrected chi connectivity index (χ3v) is 5.51. The van der Waals surface area contributed by atoms with Crippen molar-refractivity contribution in [2.75, 3.05) is 20.3 Å². The lowest BCUT2D eigenvalue weighted by molar-refractivity contribution is -0.0791. The van der Waals surface area contributed by atoms with E-state index in [1.807, 2.05) is 0 Å². The molecule has 3 aliphatic rings. The zero-order chi connectivity index (χ0) is 13.1. The van der Waals surface area contributed by atoms with Gasteiger partial charge in [0.2, 0.25) is 0 Å². The Morgan fingerprint density at radius 2 is 1.95 bits per heavy atom. The van der Waals surface area contributed by atoms with Crippen LogP contribution in [0.5, 0.6) is 0 Å². The fourth-order valence-corrected chi connectivity index (χ4v) is 4.37. The monoisotopic (exact) mass is 267 g/mol. The van der Waals surface area contributed by atoms with Gasteiger partial charge in [-0.25, -0.2) is 0 Å². The second-order valence-electron chi connectivity index (χ2n) is 6.78. The largest absolute Gasteiger partial charge is 0.381 e. The first-order valence-electron chi connectivity index (χ1n) is 8.24. The zero-order valence-electron chi connectivity index (χ0n) is 12.3. The van der Waals surface area contributed by atoms with Gasteiger partial charge in [0.25, 0.3) is 0 Å². The van der Waals surface area contributed by atoms with E-state index in [4.69, 9.17) is 9.47 Å². The van der Waals surface area contributed by atoms with Crippen LogP contribution in [0.3, 0.4) is 0 Å². The molecule has 3 atom stereocenters. The van der Waals surface area contributed by atoms with Crippen LogP contribution in [-0.2, 0) is 9.47 Å². The highest BCUT2D eigenvalue weighted by molar-refractivity contribution is 4.93. The van der Waals surface area contributed by atoms with Gasteiger partial charge in [-0.3, -0.25) is 0 Å². The molecule has 3 rings (SSSR count). The number of ether oxygens (including phenoxy) is 2. The molecule has 1 saturated carbocycles. The van der Waals surface area contributed by atoms with Gasteiger partial charge in [-0.2, -0.15) is 0 Å². The van der Waals surface area contributed by atoms with E-state index in [9.17, 15) is 0 Å². The van der Waals surface area contributed by atoms with Gasteiger partial charge in [0.1, 0.15) is 0 Å². The molecule has 0 aromatic rings. The molecule has 3 unspecified atom stereocenters. The van der Waals surface area contributed by atoms with Crippen LogP contribution >= 0.6 is 0 Å². The van der Waals surface area contributed by atoms with E-state index in [-0.39, 0.29) is 5.60 Å². The van der Waals surface area contributed by atoms with Crippen LogP contribution in [0.25, 0.3) is 0 Å². The van der Waals surface area contributed by atoms with Gasteiger partial charge >= 0.3 is 0 Å². The summed E-state index contributed by atoms with van der Waals surface area (Å²) < 4.78 is 12.2. The minimum atomic E-state index is 0.271. The summed E-state index contributed by atoms with van der Waals surface area (Å²) in [6.07, 6.45) is 12.2. The van der Waals surface area contributed by atoms with Crippen LogP contribution in [0.15, 0.2) is 0 Å². The van der Waals surface area contributed by atoms with Gasteiger partial charge in [0.05, 0.1) is 18.3 Å². The zero-order valence-corrected chi connectivity index (χ0v) is 12.3. The summed E-state index contributed by atoms with van der Waals surface area (Å²) in [4.78, 5) is 0. The average Bonchev–Trinajstić information content (AvgIpc) is 2.83. The van der Waals surface area contributed by atoms with Gasteiger partial charge in [-0.05, 0) is 45.6 Å². The van der Waals surface area contributed by atoms with Crippen molar-refractivity contribution in [3.63, 3.8) is 0 Å². The van der Waals surface area contributed by atoms with E-state index in [1.54, 1.807) is 0 Å². The average molecular weight is 267 g/mol. The van der Waals surface area contributed by atoms with Gasteiger partial charge in [-0.15, -0.1) is 0 Å². The van der Waals surface area contributed by atoms with Crippen LogP contribution in [0.1, 0.15) is 57.8 Å². The van der Waals surface area contributed by atoms with Crippen molar-refractivity contribution in [2.24, 2.45) is 5.92 Å². The number of hydrogen-bond acceptors (Lipinski definition) is 3. The minimum absolute atomic E-state index is 0.271. The summed E-state index contributed by atoms with van der Waals surface area (Å²) in [5.41, 5.74) is 0.271. The van der Waals surface area contributed by atoms with Crippen LogP contribution in [0, 0.1) is 5.92 Å². The molecule has 110 valence electrons. The highest BCUT2D eigenvalue weighted by Gasteiger charge is 2.42. The molecule has 2 saturated heterocycles. The van der Waals surface area contributed by atoms with Crippen LogP contribution in [0.2, 0.25) is 0 Å². The predicted molar refractivity (Wildman–Crippen MR) is 76.3 cm³/mol. The van der Waals surface area contributed by atoms with Crippen molar-refractivity contribution in [2.45, 2.75) is 75.5 Å². The molecule has 1 spiro atoms. The normalized spacial score (nSPS) is 38.7. The lowest BCUT2D eigenvalue weighted by atomic mass is 9.83. The molecular weight excluding hydrogens is 238 g/mol. The summed E-state index contributed by atoms with van der Waals surface area (Å²) in [5, 5.41) is 3.46. The van der Waals surface area contributed by atoms with Gasteiger partial charge in [-0.1, -0.05) is 19.3 Å². The predicted octanol–water partition coefficient (Wildman–Crippen LogP) is 2.88. The van der Waals surface area contributed by atoms with E-state index in [0.717, 1.165) is 19.6 Å². The number of nitrogens with one attached hydrogen (secondary N) is 1. The van der Waals surface area contributed by atoms with Crippen molar-refractivity contribution >= 4 is 0 Å². The number of rotatable bonds is 3. The van der Waals surface area contributed by atoms with E-state index in [2.05, 4.69) is 12.4 Å². The lowest BCUT2D eigenvalue weighted by Crippen LogP contribution is -2.42.